The summed E-state index contributed by atoms with van der Waals surface area (Å²) in [6.07, 6.45) is 2.80. The minimum absolute atomic E-state index is 0.358. The van der Waals surface area contributed by atoms with Crippen LogP contribution >= 0.6 is 0 Å². The lowest BCUT2D eigenvalue weighted by atomic mass is 9.96. The maximum absolute atomic E-state index is 5.11. The third kappa shape index (κ3) is 1.62. The molecule has 94 valence electrons. The maximum Gasteiger partial charge on any atom is 0.147 e. The fourth-order valence-electron chi connectivity index (χ4n) is 2.99. The van der Waals surface area contributed by atoms with Gasteiger partial charge in [0, 0.05) is 13.0 Å². The molecule has 0 amide bonds. The Kier molecular flexibility index (Phi) is 2.62. The third-order valence-electron chi connectivity index (χ3n) is 3.93. The van der Waals surface area contributed by atoms with Gasteiger partial charge in [0.25, 0.3) is 0 Å². The van der Waals surface area contributed by atoms with Gasteiger partial charge in [0.2, 0.25) is 0 Å². The van der Waals surface area contributed by atoms with Crippen molar-refractivity contribution in [2.75, 3.05) is 12.4 Å². The standard InChI is InChI=1S/C15H18N2O/c1-9-4-5-11-12(6-9)10(2)7-13(11)15-14(16-3)8-18-17-15/h4-6,8,10,13,16H,7H2,1-3H3. The zero-order chi connectivity index (χ0) is 12.7. The van der Waals surface area contributed by atoms with E-state index in [0.29, 0.717) is 11.8 Å². The molecule has 1 aliphatic carbocycles. The summed E-state index contributed by atoms with van der Waals surface area (Å²) in [5.74, 6) is 0.947. The topological polar surface area (TPSA) is 38.1 Å². The SMILES string of the molecule is CNc1conc1C1CC(C)c2cc(C)ccc21. The number of aryl methyl sites for hydroxylation is 1. The van der Waals surface area contributed by atoms with E-state index in [0.717, 1.165) is 17.8 Å². The van der Waals surface area contributed by atoms with Gasteiger partial charge in [-0.15, -0.1) is 0 Å². The van der Waals surface area contributed by atoms with Gasteiger partial charge in [-0.1, -0.05) is 35.8 Å². The molecular formula is C15H18N2O. The van der Waals surface area contributed by atoms with Crippen LogP contribution in [-0.2, 0) is 0 Å². The molecule has 3 rings (SSSR count). The average molecular weight is 242 g/mol. The first kappa shape index (κ1) is 11.3. The summed E-state index contributed by atoms with van der Waals surface area (Å²) >= 11 is 0. The summed E-state index contributed by atoms with van der Waals surface area (Å²) in [6.45, 7) is 4.44. The van der Waals surface area contributed by atoms with Crippen LogP contribution in [0.15, 0.2) is 29.0 Å². The van der Waals surface area contributed by atoms with Crippen LogP contribution in [0.2, 0.25) is 0 Å². The first-order valence-electron chi connectivity index (χ1n) is 6.43. The number of nitrogens with one attached hydrogen (secondary N) is 1. The van der Waals surface area contributed by atoms with E-state index in [1.165, 1.54) is 16.7 Å². The summed E-state index contributed by atoms with van der Waals surface area (Å²) in [5.41, 5.74) is 6.23. The van der Waals surface area contributed by atoms with Crippen molar-refractivity contribution in [3.63, 3.8) is 0 Å². The second-order valence-corrected chi connectivity index (χ2v) is 5.19. The minimum Gasteiger partial charge on any atom is -0.384 e. The number of fused-ring (bicyclic) bond motifs is 1. The number of benzene rings is 1. The van der Waals surface area contributed by atoms with E-state index in [4.69, 9.17) is 4.52 Å². The molecule has 1 aliphatic rings. The van der Waals surface area contributed by atoms with E-state index in [1.807, 2.05) is 7.05 Å². The van der Waals surface area contributed by atoms with Crippen molar-refractivity contribution < 1.29 is 4.52 Å². The van der Waals surface area contributed by atoms with Crippen molar-refractivity contribution in [3.05, 3.63) is 46.8 Å². The Balaban J connectivity index is 2.08. The highest BCUT2D eigenvalue weighted by molar-refractivity contribution is 5.53. The Bertz CT molecular complexity index is 574. The van der Waals surface area contributed by atoms with Gasteiger partial charge in [0.15, 0.2) is 0 Å². The number of aromatic nitrogens is 1. The lowest BCUT2D eigenvalue weighted by Gasteiger charge is -2.10. The fourth-order valence-corrected chi connectivity index (χ4v) is 2.99. The van der Waals surface area contributed by atoms with Crippen LogP contribution in [0.5, 0.6) is 0 Å². The molecule has 0 radical (unpaired) electrons. The quantitative estimate of drug-likeness (QED) is 0.873. The van der Waals surface area contributed by atoms with Crippen molar-refractivity contribution in [3.8, 4) is 0 Å². The van der Waals surface area contributed by atoms with Crippen LogP contribution in [0.1, 0.15) is 47.6 Å². The number of rotatable bonds is 2. The van der Waals surface area contributed by atoms with E-state index in [1.54, 1.807) is 6.26 Å². The molecule has 1 aromatic carbocycles. The molecule has 18 heavy (non-hydrogen) atoms. The molecule has 3 nitrogen and oxygen atoms in total. The Hall–Kier alpha value is -1.77. The van der Waals surface area contributed by atoms with E-state index in [-0.39, 0.29) is 0 Å². The predicted octanol–water partition coefficient (Wildman–Crippen LogP) is 3.66. The van der Waals surface area contributed by atoms with E-state index < -0.39 is 0 Å². The van der Waals surface area contributed by atoms with E-state index >= 15 is 0 Å². The molecular weight excluding hydrogens is 224 g/mol. The van der Waals surface area contributed by atoms with Crippen molar-refractivity contribution >= 4 is 5.69 Å². The van der Waals surface area contributed by atoms with Crippen LogP contribution in [0.3, 0.4) is 0 Å². The molecule has 0 saturated carbocycles. The summed E-state index contributed by atoms with van der Waals surface area (Å²) < 4.78 is 5.11. The molecule has 0 aliphatic heterocycles. The highest BCUT2D eigenvalue weighted by Gasteiger charge is 2.32. The fraction of sp³-hybridized carbons (Fsp3) is 0.400. The van der Waals surface area contributed by atoms with Gasteiger partial charge in [-0.25, -0.2) is 0 Å². The molecule has 1 N–H and O–H groups in total. The third-order valence-corrected chi connectivity index (χ3v) is 3.93. The van der Waals surface area contributed by atoms with Gasteiger partial charge >= 0.3 is 0 Å². The second kappa shape index (κ2) is 4.16. The number of hydrogen-bond acceptors (Lipinski definition) is 3. The van der Waals surface area contributed by atoms with Crippen molar-refractivity contribution in [2.24, 2.45) is 0 Å². The zero-order valence-corrected chi connectivity index (χ0v) is 11.0. The Morgan fingerprint density at radius 3 is 2.94 bits per heavy atom. The average Bonchev–Trinajstić information content (AvgIpc) is 2.94. The van der Waals surface area contributed by atoms with Gasteiger partial charge in [0.1, 0.15) is 12.0 Å². The number of nitrogens with zero attached hydrogens (tertiary/aromatic N) is 1. The number of anilines is 1. The highest BCUT2D eigenvalue weighted by atomic mass is 16.5. The first-order chi connectivity index (χ1) is 8.70. The van der Waals surface area contributed by atoms with Gasteiger partial charge in [-0.2, -0.15) is 0 Å². The molecule has 2 aromatic rings. The summed E-state index contributed by atoms with van der Waals surface area (Å²) in [6, 6.07) is 6.73. The lowest BCUT2D eigenvalue weighted by molar-refractivity contribution is 0.407. The van der Waals surface area contributed by atoms with Crippen LogP contribution in [0, 0.1) is 6.92 Å². The molecule has 0 saturated heterocycles. The smallest absolute Gasteiger partial charge is 0.147 e. The molecule has 1 heterocycles. The largest absolute Gasteiger partial charge is 0.384 e. The van der Waals surface area contributed by atoms with Crippen molar-refractivity contribution in [2.45, 2.75) is 32.1 Å². The first-order valence-corrected chi connectivity index (χ1v) is 6.43. The van der Waals surface area contributed by atoms with Crippen LogP contribution in [0.25, 0.3) is 0 Å². The normalized spacial score (nSPS) is 21.9. The van der Waals surface area contributed by atoms with Gasteiger partial charge in [0.05, 0.1) is 5.69 Å². The Morgan fingerprint density at radius 1 is 1.33 bits per heavy atom. The molecule has 3 heteroatoms. The molecule has 0 fully saturated rings. The predicted molar refractivity (Wildman–Crippen MR) is 72.1 cm³/mol. The summed E-state index contributed by atoms with van der Waals surface area (Å²) in [4.78, 5) is 0. The Labute approximate surface area is 107 Å². The second-order valence-electron chi connectivity index (χ2n) is 5.19. The van der Waals surface area contributed by atoms with E-state index in [2.05, 4.69) is 42.5 Å². The monoisotopic (exact) mass is 242 g/mol. The molecule has 2 atom stereocenters. The van der Waals surface area contributed by atoms with Gasteiger partial charge < -0.3 is 9.84 Å². The Morgan fingerprint density at radius 2 is 2.17 bits per heavy atom. The summed E-state index contributed by atoms with van der Waals surface area (Å²) in [5, 5.41) is 7.34. The number of hydrogen-bond donors (Lipinski definition) is 1. The van der Waals surface area contributed by atoms with Gasteiger partial charge in [-0.3, -0.25) is 0 Å². The highest BCUT2D eigenvalue weighted by Crippen LogP contribution is 2.46. The lowest BCUT2D eigenvalue weighted by Crippen LogP contribution is -2.01. The molecule has 0 spiro atoms. The van der Waals surface area contributed by atoms with Crippen molar-refractivity contribution in [1.29, 1.82) is 0 Å². The van der Waals surface area contributed by atoms with Crippen LogP contribution in [0.4, 0.5) is 5.69 Å². The maximum atomic E-state index is 5.11. The van der Waals surface area contributed by atoms with Gasteiger partial charge in [-0.05, 0) is 30.4 Å². The molecule has 2 unspecified atom stereocenters. The minimum atomic E-state index is 0.358. The van der Waals surface area contributed by atoms with Crippen molar-refractivity contribution in [1.82, 2.24) is 5.16 Å². The van der Waals surface area contributed by atoms with Crippen LogP contribution in [-0.4, -0.2) is 12.2 Å². The zero-order valence-electron chi connectivity index (χ0n) is 11.0. The van der Waals surface area contributed by atoms with Crippen LogP contribution < -0.4 is 5.32 Å². The summed E-state index contributed by atoms with van der Waals surface area (Å²) in [7, 11) is 1.91. The van der Waals surface area contributed by atoms with E-state index in [9.17, 15) is 0 Å². The molecule has 1 aromatic heterocycles. The molecule has 0 bridgehead atoms.